The third kappa shape index (κ3) is 3.38. The van der Waals surface area contributed by atoms with Gasteiger partial charge in [0.1, 0.15) is 5.69 Å². The Morgan fingerprint density at radius 2 is 2.37 bits per heavy atom. The highest BCUT2D eigenvalue weighted by Gasteiger charge is 2.20. The molecule has 0 aliphatic carbocycles. The van der Waals surface area contributed by atoms with E-state index >= 15 is 0 Å². The van der Waals surface area contributed by atoms with Crippen molar-refractivity contribution in [3.05, 3.63) is 18.5 Å². The largest absolute Gasteiger partial charge is 0.490 e. The van der Waals surface area contributed by atoms with Crippen LogP contribution < -0.4 is 4.74 Å². The summed E-state index contributed by atoms with van der Waals surface area (Å²) in [6.07, 6.45) is 4.38. The number of ether oxygens (including phenoxy) is 1. The topological polar surface area (TPSA) is 30.3 Å². The van der Waals surface area contributed by atoms with Gasteiger partial charge in [0.2, 0.25) is 0 Å². The number of hydrogen-bond acceptors (Lipinski definition) is 3. The number of likely N-dealkylation sites (tertiary alicyclic amines) is 1. The number of nitrogens with zero attached hydrogens (tertiary/aromatic N) is 3. The molecule has 0 amide bonds. The standard InChI is InChI=1S/C15H25N3O/c1-5-19-14-9-16-18(15(14)12(2)3)11-13-7-6-8-17(4)10-13/h9,13H,2,5-8,10-11H2,1,3-4H3. The predicted molar refractivity (Wildman–Crippen MR) is 78.3 cm³/mol. The SMILES string of the molecule is C=C(C)c1c(OCC)cnn1CC1CCCN(C)C1. The number of allylic oxidation sites excluding steroid dienone is 1. The van der Waals surface area contributed by atoms with Crippen molar-refractivity contribution in [1.82, 2.24) is 14.7 Å². The molecule has 106 valence electrons. The lowest BCUT2D eigenvalue weighted by molar-refractivity contribution is 0.190. The van der Waals surface area contributed by atoms with Gasteiger partial charge in [-0.05, 0) is 51.8 Å². The first-order valence-electron chi connectivity index (χ1n) is 7.14. The summed E-state index contributed by atoms with van der Waals surface area (Å²) in [7, 11) is 2.19. The summed E-state index contributed by atoms with van der Waals surface area (Å²) in [5, 5.41) is 4.49. The summed E-state index contributed by atoms with van der Waals surface area (Å²) in [5.41, 5.74) is 2.07. The third-order valence-electron chi connectivity index (χ3n) is 3.66. The summed E-state index contributed by atoms with van der Waals surface area (Å²) >= 11 is 0. The van der Waals surface area contributed by atoms with E-state index in [2.05, 4.69) is 28.3 Å². The molecule has 1 unspecified atom stereocenters. The molecule has 1 atom stereocenters. The van der Waals surface area contributed by atoms with Crippen LogP contribution in [0.15, 0.2) is 12.8 Å². The maximum absolute atomic E-state index is 5.63. The highest BCUT2D eigenvalue weighted by Crippen LogP contribution is 2.27. The molecule has 1 aliphatic rings. The van der Waals surface area contributed by atoms with E-state index in [0.29, 0.717) is 12.5 Å². The van der Waals surface area contributed by atoms with Crippen LogP contribution in [0, 0.1) is 5.92 Å². The maximum Gasteiger partial charge on any atom is 0.164 e. The quantitative estimate of drug-likeness (QED) is 0.818. The van der Waals surface area contributed by atoms with Gasteiger partial charge in [-0.25, -0.2) is 0 Å². The van der Waals surface area contributed by atoms with Crippen molar-refractivity contribution in [2.45, 2.75) is 33.2 Å². The molecular weight excluding hydrogens is 238 g/mol. The maximum atomic E-state index is 5.63. The van der Waals surface area contributed by atoms with Gasteiger partial charge in [0, 0.05) is 13.1 Å². The van der Waals surface area contributed by atoms with Gasteiger partial charge in [0.25, 0.3) is 0 Å². The summed E-state index contributed by atoms with van der Waals surface area (Å²) in [6.45, 7) is 12.1. The van der Waals surface area contributed by atoms with Crippen molar-refractivity contribution in [2.24, 2.45) is 5.92 Å². The van der Waals surface area contributed by atoms with Gasteiger partial charge in [-0.15, -0.1) is 0 Å². The normalized spacial score (nSPS) is 20.5. The molecule has 0 bridgehead atoms. The molecule has 2 rings (SSSR count). The van der Waals surface area contributed by atoms with Crippen molar-refractivity contribution in [2.75, 3.05) is 26.7 Å². The fourth-order valence-corrected chi connectivity index (χ4v) is 2.87. The molecule has 1 aromatic heterocycles. The minimum absolute atomic E-state index is 0.665. The molecule has 1 aliphatic heterocycles. The molecule has 2 heterocycles. The highest BCUT2D eigenvalue weighted by molar-refractivity contribution is 5.63. The molecule has 4 nitrogen and oxygen atoms in total. The van der Waals surface area contributed by atoms with Gasteiger partial charge in [-0.3, -0.25) is 4.68 Å². The van der Waals surface area contributed by atoms with Crippen LogP contribution in [0.25, 0.3) is 5.57 Å². The van der Waals surface area contributed by atoms with Gasteiger partial charge in [0.15, 0.2) is 5.75 Å². The smallest absolute Gasteiger partial charge is 0.164 e. The van der Waals surface area contributed by atoms with Gasteiger partial charge in [-0.2, -0.15) is 5.10 Å². The molecule has 1 fully saturated rings. The van der Waals surface area contributed by atoms with Crippen LogP contribution in [-0.2, 0) is 6.54 Å². The van der Waals surface area contributed by atoms with E-state index < -0.39 is 0 Å². The zero-order chi connectivity index (χ0) is 13.8. The first kappa shape index (κ1) is 14.1. The van der Waals surface area contributed by atoms with Gasteiger partial charge < -0.3 is 9.64 Å². The fourth-order valence-electron chi connectivity index (χ4n) is 2.87. The first-order chi connectivity index (χ1) is 9.11. The lowest BCUT2D eigenvalue weighted by Crippen LogP contribution is -2.34. The van der Waals surface area contributed by atoms with E-state index in [1.807, 2.05) is 20.0 Å². The third-order valence-corrected chi connectivity index (χ3v) is 3.66. The molecule has 4 heteroatoms. The Morgan fingerprint density at radius 3 is 3.00 bits per heavy atom. The molecule has 19 heavy (non-hydrogen) atoms. The van der Waals surface area contributed by atoms with Gasteiger partial charge in [0.05, 0.1) is 12.8 Å². The van der Waals surface area contributed by atoms with Crippen molar-refractivity contribution in [3.63, 3.8) is 0 Å². The van der Waals surface area contributed by atoms with E-state index in [-0.39, 0.29) is 0 Å². The minimum atomic E-state index is 0.665. The highest BCUT2D eigenvalue weighted by atomic mass is 16.5. The van der Waals surface area contributed by atoms with Crippen LogP contribution in [0.3, 0.4) is 0 Å². The molecule has 1 saturated heterocycles. The summed E-state index contributed by atoms with van der Waals surface area (Å²) in [4.78, 5) is 2.40. The van der Waals surface area contributed by atoms with Crippen LogP contribution in [0.2, 0.25) is 0 Å². The van der Waals surface area contributed by atoms with E-state index in [9.17, 15) is 0 Å². The second-order valence-electron chi connectivity index (χ2n) is 5.52. The zero-order valence-electron chi connectivity index (χ0n) is 12.4. The summed E-state index contributed by atoms with van der Waals surface area (Å²) in [6, 6.07) is 0. The summed E-state index contributed by atoms with van der Waals surface area (Å²) < 4.78 is 7.70. The van der Waals surface area contributed by atoms with Crippen LogP contribution in [-0.4, -0.2) is 41.4 Å². The molecule has 0 N–H and O–H groups in total. The molecule has 0 aromatic carbocycles. The van der Waals surface area contributed by atoms with Crippen LogP contribution in [0.4, 0.5) is 0 Å². The van der Waals surface area contributed by atoms with Crippen molar-refractivity contribution in [3.8, 4) is 5.75 Å². The lowest BCUT2D eigenvalue weighted by Gasteiger charge is -2.29. The molecule has 0 saturated carbocycles. The van der Waals surface area contributed by atoms with Crippen LogP contribution in [0.5, 0.6) is 5.75 Å². The Morgan fingerprint density at radius 1 is 1.58 bits per heavy atom. The van der Waals surface area contributed by atoms with E-state index in [1.54, 1.807) is 0 Å². The molecular formula is C15H25N3O. The number of hydrogen-bond donors (Lipinski definition) is 0. The Balaban J connectivity index is 2.13. The van der Waals surface area contributed by atoms with Crippen molar-refractivity contribution < 1.29 is 4.74 Å². The van der Waals surface area contributed by atoms with E-state index in [0.717, 1.165) is 30.1 Å². The summed E-state index contributed by atoms with van der Waals surface area (Å²) in [5.74, 6) is 1.53. The van der Waals surface area contributed by atoms with Crippen molar-refractivity contribution in [1.29, 1.82) is 0 Å². The Kier molecular flexibility index (Phi) is 4.64. The predicted octanol–water partition coefficient (Wildman–Crippen LogP) is 2.66. The Bertz CT molecular complexity index is 439. The van der Waals surface area contributed by atoms with Crippen LogP contribution >= 0.6 is 0 Å². The first-order valence-corrected chi connectivity index (χ1v) is 7.14. The van der Waals surface area contributed by atoms with Crippen molar-refractivity contribution >= 4 is 5.57 Å². The minimum Gasteiger partial charge on any atom is -0.490 e. The van der Waals surface area contributed by atoms with Gasteiger partial charge in [-0.1, -0.05) is 6.58 Å². The molecule has 0 radical (unpaired) electrons. The number of aromatic nitrogens is 2. The Labute approximate surface area is 116 Å². The van der Waals surface area contributed by atoms with E-state index in [4.69, 9.17) is 4.74 Å². The number of piperidine rings is 1. The fraction of sp³-hybridized carbons (Fsp3) is 0.667. The van der Waals surface area contributed by atoms with Crippen LogP contribution in [0.1, 0.15) is 32.4 Å². The monoisotopic (exact) mass is 263 g/mol. The Hall–Kier alpha value is -1.29. The second-order valence-corrected chi connectivity index (χ2v) is 5.52. The molecule has 0 spiro atoms. The molecule has 1 aromatic rings. The van der Waals surface area contributed by atoms with Gasteiger partial charge >= 0.3 is 0 Å². The lowest BCUT2D eigenvalue weighted by atomic mass is 9.98. The average Bonchev–Trinajstić information content (AvgIpc) is 2.72. The van der Waals surface area contributed by atoms with E-state index in [1.165, 1.54) is 19.4 Å². The average molecular weight is 263 g/mol. The zero-order valence-corrected chi connectivity index (χ0v) is 12.4. The number of rotatable bonds is 5. The second kappa shape index (κ2) is 6.24.